The molecule has 0 bridgehead atoms. The van der Waals surface area contributed by atoms with Gasteiger partial charge in [-0.15, -0.1) is 11.3 Å². The lowest BCUT2D eigenvalue weighted by Crippen LogP contribution is -2.40. The number of thiazole rings is 1. The molecule has 0 aliphatic carbocycles. The monoisotopic (exact) mass is 296 g/mol. The maximum atomic E-state index is 10.6. The molecule has 2 heterocycles. The van der Waals surface area contributed by atoms with Crippen LogP contribution in [0.25, 0.3) is 0 Å². The topological polar surface area (TPSA) is 53.4 Å². The molecule has 4 nitrogen and oxygen atoms in total. The quantitative estimate of drug-likeness (QED) is 0.877. The molecule has 1 aliphatic rings. The summed E-state index contributed by atoms with van der Waals surface area (Å²) in [6, 6.07) is 0.625. The van der Waals surface area contributed by atoms with E-state index in [2.05, 4.69) is 23.7 Å². The number of aryl methyl sites for hydroxylation is 1. The Morgan fingerprint density at radius 1 is 1.60 bits per heavy atom. The number of rotatable bonds is 6. The Kier molecular flexibility index (Phi) is 5.54. The van der Waals surface area contributed by atoms with E-state index in [0.717, 1.165) is 11.3 Å². The van der Waals surface area contributed by atoms with Gasteiger partial charge in [-0.2, -0.15) is 0 Å². The summed E-state index contributed by atoms with van der Waals surface area (Å²) in [4.78, 5) is 18.7. The number of hydrogen-bond donors (Lipinski definition) is 1. The lowest BCUT2D eigenvalue weighted by Gasteiger charge is -2.35. The molecule has 2 rings (SSSR count). The molecule has 1 aromatic rings. The maximum absolute atomic E-state index is 10.6. The first-order valence-electron chi connectivity index (χ1n) is 7.44. The van der Waals surface area contributed by atoms with Crippen LogP contribution in [0.4, 0.5) is 0 Å². The molecule has 1 N–H and O–H groups in total. The summed E-state index contributed by atoms with van der Waals surface area (Å²) in [6.07, 6.45) is 6.27. The molecule has 5 heteroatoms. The fourth-order valence-corrected chi connectivity index (χ4v) is 3.80. The highest BCUT2D eigenvalue weighted by atomic mass is 32.1. The van der Waals surface area contributed by atoms with Gasteiger partial charge in [-0.25, -0.2) is 4.98 Å². The van der Waals surface area contributed by atoms with Crippen LogP contribution in [0, 0.1) is 5.92 Å². The molecule has 1 aromatic heterocycles. The van der Waals surface area contributed by atoms with Crippen LogP contribution in [0.15, 0.2) is 6.20 Å². The molecular weight excluding hydrogens is 272 g/mol. The second-order valence-corrected chi connectivity index (χ2v) is 7.11. The molecule has 20 heavy (non-hydrogen) atoms. The average molecular weight is 296 g/mol. The minimum atomic E-state index is -0.736. The van der Waals surface area contributed by atoms with Gasteiger partial charge in [0.05, 0.1) is 11.4 Å². The summed E-state index contributed by atoms with van der Waals surface area (Å²) in [7, 11) is 0. The molecule has 1 aliphatic heterocycles. The zero-order chi connectivity index (χ0) is 14.5. The zero-order valence-electron chi connectivity index (χ0n) is 12.3. The summed E-state index contributed by atoms with van der Waals surface area (Å²) in [5.74, 6) is -0.0376. The van der Waals surface area contributed by atoms with E-state index in [1.807, 2.05) is 6.20 Å². The van der Waals surface area contributed by atoms with Crippen molar-refractivity contribution in [1.82, 2.24) is 9.88 Å². The second-order valence-electron chi connectivity index (χ2n) is 5.92. The third kappa shape index (κ3) is 4.56. The second kappa shape index (κ2) is 7.18. The number of hydrogen-bond acceptors (Lipinski definition) is 4. The van der Waals surface area contributed by atoms with Crippen molar-refractivity contribution in [3.63, 3.8) is 0 Å². The van der Waals surface area contributed by atoms with Gasteiger partial charge in [-0.3, -0.25) is 4.79 Å². The van der Waals surface area contributed by atoms with Gasteiger partial charge in [-0.1, -0.05) is 0 Å². The van der Waals surface area contributed by atoms with Gasteiger partial charge in [0.25, 0.3) is 0 Å². The van der Waals surface area contributed by atoms with Crippen molar-refractivity contribution in [2.75, 3.05) is 13.1 Å². The lowest BCUT2D eigenvalue weighted by atomic mass is 9.94. The highest BCUT2D eigenvalue weighted by Gasteiger charge is 2.22. The zero-order valence-corrected chi connectivity index (χ0v) is 13.2. The van der Waals surface area contributed by atoms with Crippen LogP contribution < -0.4 is 0 Å². The molecule has 0 amide bonds. The summed E-state index contributed by atoms with van der Waals surface area (Å²) in [5.41, 5.74) is 0. The molecule has 112 valence electrons. The van der Waals surface area contributed by atoms with Gasteiger partial charge in [-0.05, 0) is 45.6 Å². The number of carbonyl (C=O) groups is 1. The van der Waals surface area contributed by atoms with E-state index in [1.54, 1.807) is 11.3 Å². The van der Waals surface area contributed by atoms with E-state index >= 15 is 0 Å². The minimum absolute atomic E-state index is 0.201. The summed E-state index contributed by atoms with van der Waals surface area (Å²) >= 11 is 1.69. The van der Waals surface area contributed by atoms with Gasteiger partial charge in [0.15, 0.2) is 0 Å². The predicted molar refractivity (Wildman–Crippen MR) is 81.2 cm³/mol. The number of aromatic nitrogens is 1. The first-order valence-corrected chi connectivity index (χ1v) is 8.25. The standard InChI is InChI=1S/C15H24N2O2S/c1-11(2)17-7-3-4-12(10-17)8-14-16-9-13(20-14)5-6-15(18)19/h9,11-12H,3-8,10H2,1-2H3,(H,18,19). The van der Waals surface area contributed by atoms with Crippen LogP contribution in [0.5, 0.6) is 0 Å². The van der Waals surface area contributed by atoms with Gasteiger partial charge in [0, 0.05) is 30.1 Å². The smallest absolute Gasteiger partial charge is 0.303 e. The van der Waals surface area contributed by atoms with Crippen LogP contribution >= 0.6 is 11.3 Å². The number of nitrogens with zero attached hydrogens (tertiary/aromatic N) is 2. The molecule has 0 radical (unpaired) electrons. The Labute approximate surface area is 124 Å². The first kappa shape index (κ1) is 15.4. The van der Waals surface area contributed by atoms with Crippen LogP contribution in [0.3, 0.4) is 0 Å². The molecule has 0 spiro atoms. The SMILES string of the molecule is CC(C)N1CCCC(Cc2ncc(CCC(=O)O)s2)C1. The third-order valence-electron chi connectivity index (χ3n) is 3.93. The molecule has 0 saturated carbocycles. The van der Waals surface area contributed by atoms with Crippen molar-refractivity contribution < 1.29 is 9.90 Å². The van der Waals surface area contributed by atoms with Crippen LogP contribution in [-0.4, -0.2) is 40.1 Å². The first-order chi connectivity index (χ1) is 9.54. The Morgan fingerprint density at radius 3 is 3.10 bits per heavy atom. The normalized spacial score (nSPS) is 20.4. The molecule has 1 atom stereocenters. The minimum Gasteiger partial charge on any atom is -0.481 e. The molecule has 1 saturated heterocycles. The van der Waals surface area contributed by atoms with Crippen molar-refractivity contribution in [1.29, 1.82) is 0 Å². The summed E-state index contributed by atoms with van der Waals surface area (Å²) in [6.45, 7) is 6.91. The van der Waals surface area contributed by atoms with E-state index in [4.69, 9.17) is 5.11 Å². The number of likely N-dealkylation sites (tertiary alicyclic amines) is 1. The molecule has 1 fully saturated rings. The maximum Gasteiger partial charge on any atom is 0.303 e. The Morgan fingerprint density at radius 2 is 2.40 bits per heavy atom. The van der Waals surface area contributed by atoms with Gasteiger partial charge in [0.1, 0.15) is 0 Å². The van der Waals surface area contributed by atoms with Gasteiger partial charge in [0.2, 0.25) is 0 Å². The predicted octanol–water partition coefficient (Wildman–Crippen LogP) is 2.82. The fourth-order valence-electron chi connectivity index (χ4n) is 2.77. The number of aliphatic carboxylic acids is 1. The number of piperidine rings is 1. The van der Waals surface area contributed by atoms with E-state index in [-0.39, 0.29) is 6.42 Å². The van der Waals surface area contributed by atoms with Crippen LogP contribution in [0.2, 0.25) is 0 Å². The van der Waals surface area contributed by atoms with E-state index in [0.29, 0.717) is 18.4 Å². The fraction of sp³-hybridized carbons (Fsp3) is 0.733. The molecular formula is C15H24N2O2S. The number of carboxylic acid groups (broad SMARTS) is 1. The highest BCUT2D eigenvalue weighted by Crippen LogP contribution is 2.24. The van der Waals surface area contributed by atoms with Gasteiger partial charge < -0.3 is 10.0 Å². The van der Waals surface area contributed by atoms with Crippen LogP contribution in [-0.2, 0) is 17.6 Å². The summed E-state index contributed by atoms with van der Waals surface area (Å²) in [5, 5.41) is 9.87. The van der Waals surface area contributed by atoms with Crippen molar-refractivity contribution in [3.8, 4) is 0 Å². The molecule has 1 unspecified atom stereocenters. The summed E-state index contributed by atoms with van der Waals surface area (Å²) < 4.78 is 0. The van der Waals surface area contributed by atoms with Crippen molar-refractivity contribution in [3.05, 3.63) is 16.1 Å². The average Bonchev–Trinajstić information content (AvgIpc) is 2.84. The van der Waals surface area contributed by atoms with E-state index < -0.39 is 5.97 Å². The Bertz CT molecular complexity index is 445. The Balaban J connectivity index is 1.85. The van der Waals surface area contributed by atoms with E-state index in [9.17, 15) is 4.79 Å². The highest BCUT2D eigenvalue weighted by molar-refractivity contribution is 7.11. The number of carboxylic acids is 1. The lowest BCUT2D eigenvalue weighted by molar-refractivity contribution is -0.136. The Hall–Kier alpha value is -0.940. The van der Waals surface area contributed by atoms with Crippen molar-refractivity contribution in [2.24, 2.45) is 5.92 Å². The van der Waals surface area contributed by atoms with E-state index in [1.165, 1.54) is 30.9 Å². The van der Waals surface area contributed by atoms with Crippen molar-refractivity contribution in [2.45, 2.75) is 52.0 Å². The van der Waals surface area contributed by atoms with Crippen molar-refractivity contribution >= 4 is 17.3 Å². The third-order valence-corrected chi connectivity index (χ3v) is 5.01. The largest absolute Gasteiger partial charge is 0.481 e. The molecule has 0 aromatic carbocycles. The van der Waals surface area contributed by atoms with Crippen LogP contribution in [0.1, 0.15) is 43.0 Å². The van der Waals surface area contributed by atoms with Gasteiger partial charge >= 0.3 is 5.97 Å².